The van der Waals surface area contributed by atoms with E-state index in [0.29, 0.717) is 16.0 Å². The van der Waals surface area contributed by atoms with Crippen LogP contribution in [0.3, 0.4) is 0 Å². The molecule has 0 spiro atoms. The minimum absolute atomic E-state index is 0.130. The Morgan fingerprint density at radius 2 is 2.07 bits per heavy atom. The highest BCUT2D eigenvalue weighted by Gasteiger charge is 2.29. The summed E-state index contributed by atoms with van der Waals surface area (Å²) >= 11 is 12.1. The van der Waals surface area contributed by atoms with Crippen LogP contribution in [0.2, 0.25) is 10.0 Å². The van der Waals surface area contributed by atoms with E-state index in [9.17, 15) is 0 Å². The zero-order valence-corrected chi connectivity index (χ0v) is 9.85. The molecule has 1 fully saturated rings. The summed E-state index contributed by atoms with van der Waals surface area (Å²) in [7, 11) is 0. The Morgan fingerprint density at radius 1 is 1.33 bits per heavy atom. The molecule has 0 radical (unpaired) electrons. The molecule has 15 heavy (non-hydrogen) atoms. The van der Waals surface area contributed by atoms with Crippen LogP contribution in [-0.2, 0) is 0 Å². The maximum Gasteiger partial charge on any atom is 0.0640 e. The molecule has 1 atom stereocenters. The highest BCUT2D eigenvalue weighted by Crippen LogP contribution is 2.40. The van der Waals surface area contributed by atoms with E-state index in [-0.39, 0.29) is 6.04 Å². The molecule has 0 heterocycles. The standard InChI is InChI=1S/C11H14Cl2N2/c12-9-6-2-5-8(10(9)13)11(15-14)7-3-1-4-7/h2,5-7,11,15H,1,3-4,14H2. The van der Waals surface area contributed by atoms with Gasteiger partial charge in [0.2, 0.25) is 0 Å². The fourth-order valence-electron chi connectivity index (χ4n) is 2.01. The van der Waals surface area contributed by atoms with Crippen molar-refractivity contribution in [1.29, 1.82) is 0 Å². The zero-order chi connectivity index (χ0) is 10.8. The maximum atomic E-state index is 6.16. The number of hydrazine groups is 1. The van der Waals surface area contributed by atoms with E-state index in [1.54, 1.807) is 6.07 Å². The molecule has 1 aromatic rings. The maximum absolute atomic E-state index is 6.16. The second-order valence-electron chi connectivity index (χ2n) is 3.98. The molecule has 2 nitrogen and oxygen atoms in total. The number of nitrogens with two attached hydrogens (primary N) is 1. The molecule has 1 saturated carbocycles. The number of rotatable bonds is 3. The van der Waals surface area contributed by atoms with Gasteiger partial charge in [0.15, 0.2) is 0 Å². The first-order valence-corrected chi connectivity index (χ1v) is 5.89. The number of halogens is 2. The van der Waals surface area contributed by atoms with Crippen molar-refractivity contribution in [2.24, 2.45) is 11.8 Å². The predicted molar refractivity (Wildman–Crippen MR) is 63.9 cm³/mol. The number of nitrogens with one attached hydrogen (secondary N) is 1. The third-order valence-corrected chi connectivity index (χ3v) is 3.95. The van der Waals surface area contributed by atoms with Gasteiger partial charge in [-0.1, -0.05) is 41.8 Å². The number of hydrogen-bond acceptors (Lipinski definition) is 2. The quantitative estimate of drug-likeness (QED) is 0.633. The van der Waals surface area contributed by atoms with Gasteiger partial charge >= 0.3 is 0 Å². The molecule has 0 amide bonds. The van der Waals surface area contributed by atoms with Gasteiger partial charge in [0, 0.05) is 0 Å². The lowest BCUT2D eigenvalue weighted by Crippen LogP contribution is -2.36. The molecule has 82 valence electrons. The SMILES string of the molecule is NNC(c1cccc(Cl)c1Cl)C1CCC1. The highest BCUT2D eigenvalue weighted by molar-refractivity contribution is 6.42. The van der Waals surface area contributed by atoms with Crippen molar-refractivity contribution in [3.05, 3.63) is 33.8 Å². The lowest BCUT2D eigenvalue weighted by molar-refractivity contribution is 0.232. The lowest BCUT2D eigenvalue weighted by atomic mass is 9.77. The van der Waals surface area contributed by atoms with Crippen LogP contribution < -0.4 is 11.3 Å². The van der Waals surface area contributed by atoms with Gasteiger partial charge in [-0.3, -0.25) is 11.3 Å². The summed E-state index contributed by atoms with van der Waals surface area (Å²) in [6.45, 7) is 0. The zero-order valence-electron chi connectivity index (χ0n) is 8.34. The fraction of sp³-hybridized carbons (Fsp3) is 0.455. The Kier molecular flexibility index (Phi) is 3.52. The summed E-state index contributed by atoms with van der Waals surface area (Å²) in [4.78, 5) is 0. The third kappa shape index (κ3) is 2.13. The molecule has 3 N–H and O–H groups in total. The van der Waals surface area contributed by atoms with Gasteiger partial charge in [-0.2, -0.15) is 0 Å². The predicted octanol–water partition coefficient (Wildman–Crippen LogP) is 3.30. The van der Waals surface area contributed by atoms with Crippen LogP contribution in [0.15, 0.2) is 18.2 Å². The third-order valence-electron chi connectivity index (χ3n) is 3.12. The summed E-state index contributed by atoms with van der Waals surface area (Å²) in [6, 6.07) is 5.82. The first kappa shape index (κ1) is 11.2. The smallest absolute Gasteiger partial charge is 0.0640 e. The summed E-state index contributed by atoms with van der Waals surface area (Å²) < 4.78 is 0. The van der Waals surface area contributed by atoms with E-state index in [1.165, 1.54) is 19.3 Å². The van der Waals surface area contributed by atoms with Crippen molar-refractivity contribution < 1.29 is 0 Å². The van der Waals surface area contributed by atoms with Crippen LogP contribution in [0.25, 0.3) is 0 Å². The van der Waals surface area contributed by atoms with Crippen molar-refractivity contribution in [3.8, 4) is 0 Å². The van der Waals surface area contributed by atoms with Gasteiger partial charge < -0.3 is 0 Å². The van der Waals surface area contributed by atoms with Gasteiger partial charge in [0.1, 0.15) is 0 Å². The van der Waals surface area contributed by atoms with Gasteiger partial charge in [0.05, 0.1) is 16.1 Å². The van der Waals surface area contributed by atoms with Gasteiger partial charge in [-0.25, -0.2) is 0 Å². The molecular weight excluding hydrogens is 231 g/mol. The van der Waals surface area contributed by atoms with Crippen LogP contribution in [-0.4, -0.2) is 0 Å². The van der Waals surface area contributed by atoms with Crippen LogP contribution in [0.1, 0.15) is 30.9 Å². The second kappa shape index (κ2) is 4.71. The molecule has 1 aliphatic carbocycles. The molecule has 0 saturated heterocycles. The van der Waals surface area contributed by atoms with Crippen molar-refractivity contribution in [2.45, 2.75) is 25.3 Å². The number of hydrogen-bond donors (Lipinski definition) is 2. The summed E-state index contributed by atoms with van der Waals surface area (Å²) in [5.74, 6) is 6.17. The molecule has 2 rings (SSSR count). The Labute approximate surface area is 99.7 Å². The monoisotopic (exact) mass is 244 g/mol. The topological polar surface area (TPSA) is 38.0 Å². The Hall–Kier alpha value is -0.280. The van der Waals surface area contributed by atoms with E-state index >= 15 is 0 Å². The van der Waals surface area contributed by atoms with E-state index in [4.69, 9.17) is 29.0 Å². The van der Waals surface area contributed by atoms with E-state index in [0.717, 1.165) is 5.56 Å². The molecule has 0 bridgehead atoms. The Morgan fingerprint density at radius 3 is 2.60 bits per heavy atom. The van der Waals surface area contributed by atoms with Gasteiger partial charge in [-0.05, 0) is 30.4 Å². The molecule has 0 aliphatic heterocycles. The first-order valence-electron chi connectivity index (χ1n) is 5.14. The average Bonchev–Trinajstić information content (AvgIpc) is 2.16. The Bertz CT molecular complexity index is 350. The van der Waals surface area contributed by atoms with Crippen LogP contribution in [0, 0.1) is 5.92 Å². The van der Waals surface area contributed by atoms with Gasteiger partial charge in [0.25, 0.3) is 0 Å². The summed E-state index contributed by atoms with van der Waals surface area (Å²) in [6.07, 6.45) is 3.69. The molecule has 1 aromatic carbocycles. The minimum Gasteiger partial charge on any atom is -0.271 e. The fourth-order valence-corrected chi connectivity index (χ4v) is 2.44. The van der Waals surface area contributed by atoms with Gasteiger partial charge in [-0.15, -0.1) is 0 Å². The minimum atomic E-state index is 0.130. The van der Waals surface area contributed by atoms with Crippen LogP contribution in [0.4, 0.5) is 0 Å². The van der Waals surface area contributed by atoms with E-state index < -0.39 is 0 Å². The Balaban J connectivity index is 2.29. The average molecular weight is 245 g/mol. The van der Waals surface area contributed by atoms with Crippen molar-refractivity contribution in [3.63, 3.8) is 0 Å². The highest BCUT2D eigenvalue weighted by atomic mass is 35.5. The normalized spacial score (nSPS) is 18.6. The molecule has 1 unspecified atom stereocenters. The lowest BCUT2D eigenvalue weighted by Gasteiger charge is -2.34. The van der Waals surface area contributed by atoms with E-state index in [1.807, 2.05) is 12.1 Å². The molecule has 4 heteroatoms. The largest absolute Gasteiger partial charge is 0.271 e. The molecule has 0 aromatic heterocycles. The van der Waals surface area contributed by atoms with Crippen LogP contribution in [0.5, 0.6) is 0 Å². The van der Waals surface area contributed by atoms with Crippen molar-refractivity contribution >= 4 is 23.2 Å². The second-order valence-corrected chi connectivity index (χ2v) is 4.76. The molecule has 1 aliphatic rings. The summed E-state index contributed by atoms with van der Waals surface area (Å²) in [5.41, 5.74) is 3.86. The summed E-state index contributed by atoms with van der Waals surface area (Å²) in [5, 5.41) is 1.21. The van der Waals surface area contributed by atoms with Crippen molar-refractivity contribution in [2.75, 3.05) is 0 Å². The first-order chi connectivity index (χ1) is 7.24. The van der Waals surface area contributed by atoms with Crippen molar-refractivity contribution in [1.82, 2.24) is 5.43 Å². The number of benzene rings is 1. The van der Waals surface area contributed by atoms with Crippen LogP contribution >= 0.6 is 23.2 Å². The van der Waals surface area contributed by atoms with E-state index in [2.05, 4.69) is 5.43 Å². The molecular formula is C11H14Cl2N2.